The molecule has 1 aromatic carbocycles. The highest BCUT2D eigenvalue weighted by Gasteiger charge is 2.31. The molecule has 12 N–H and O–H groups in total. The van der Waals surface area contributed by atoms with Crippen LogP contribution in [0.1, 0.15) is 36.9 Å². The number of primary amides is 1. The molecule has 4 atom stereocenters. The van der Waals surface area contributed by atoms with E-state index in [1.807, 2.05) is 0 Å². The molecule has 15 heteroatoms. The lowest BCUT2D eigenvalue weighted by molar-refractivity contribution is -0.142. The molecule has 0 aliphatic heterocycles. The van der Waals surface area contributed by atoms with E-state index in [1.165, 1.54) is 24.7 Å². The SMILES string of the molecule is NCCCCC(NC(=O)C(CC(N)=O)NC(=O)C(Cc1ccc(O)cc1)NC(=O)C(N)Cc1cnc[nH]1)C(=O)O. The minimum atomic E-state index is -1.51. The van der Waals surface area contributed by atoms with Gasteiger partial charge in [-0.1, -0.05) is 12.1 Å². The number of aromatic amines is 1. The number of aromatic nitrogens is 2. The number of hydrogen-bond acceptors (Lipinski definition) is 9. The second-order valence-corrected chi connectivity index (χ2v) is 9.23. The lowest BCUT2D eigenvalue weighted by atomic mass is 10.0. The molecule has 2 aromatic rings. The largest absolute Gasteiger partial charge is 0.508 e. The van der Waals surface area contributed by atoms with Crippen molar-refractivity contribution in [3.05, 3.63) is 48.0 Å². The number of phenols is 1. The molecule has 4 amide bonds. The Morgan fingerprint density at radius 3 is 2.10 bits per heavy atom. The smallest absolute Gasteiger partial charge is 0.326 e. The summed E-state index contributed by atoms with van der Waals surface area (Å²) in [5, 5.41) is 26.3. The first-order chi connectivity index (χ1) is 19.0. The first-order valence-electron chi connectivity index (χ1n) is 12.6. The van der Waals surface area contributed by atoms with E-state index in [4.69, 9.17) is 17.2 Å². The predicted molar refractivity (Wildman–Crippen MR) is 142 cm³/mol. The van der Waals surface area contributed by atoms with Crippen molar-refractivity contribution in [2.24, 2.45) is 17.2 Å². The Bertz CT molecular complexity index is 1140. The first-order valence-corrected chi connectivity index (χ1v) is 12.6. The molecule has 15 nitrogen and oxygen atoms in total. The summed E-state index contributed by atoms with van der Waals surface area (Å²) in [7, 11) is 0. The zero-order valence-electron chi connectivity index (χ0n) is 21.8. The number of aromatic hydroxyl groups is 1. The van der Waals surface area contributed by atoms with E-state index in [0.29, 0.717) is 30.6 Å². The van der Waals surface area contributed by atoms with E-state index >= 15 is 0 Å². The second kappa shape index (κ2) is 15.8. The number of H-pyrrole nitrogens is 1. The van der Waals surface area contributed by atoms with Crippen LogP contribution in [0.3, 0.4) is 0 Å². The third kappa shape index (κ3) is 10.7. The molecule has 0 saturated heterocycles. The van der Waals surface area contributed by atoms with E-state index < -0.39 is 60.2 Å². The maximum atomic E-state index is 13.3. The number of amides is 4. The normalized spacial score (nSPS) is 13.8. The number of carbonyl (C=O) groups excluding carboxylic acids is 4. The van der Waals surface area contributed by atoms with Crippen molar-refractivity contribution in [1.29, 1.82) is 0 Å². The Morgan fingerprint density at radius 1 is 0.900 bits per heavy atom. The molecule has 40 heavy (non-hydrogen) atoms. The van der Waals surface area contributed by atoms with Crippen LogP contribution in [-0.4, -0.2) is 80.5 Å². The zero-order valence-corrected chi connectivity index (χ0v) is 21.8. The van der Waals surface area contributed by atoms with Crippen molar-refractivity contribution in [3.63, 3.8) is 0 Å². The summed E-state index contributed by atoms with van der Waals surface area (Å²) in [4.78, 5) is 69.1. The Balaban J connectivity index is 2.20. The highest BCUT2D eigenvalue weighted by atomic mass is 16.4. The summed E-state index contributed by atoms with van der Waals surface area (Å²) < 4.78 is 0. The number of rotatable bonds is 17. The van der Waals surface area contributed by atoms with Gasteiger partial charge in [0.25, 0.3) is 0 Å². The maximum Gasteiger partial charge on any atom is 0.326 e. The maximum absolute atomic E-state index is 13.3. The number of carboxylic acids is 1. The van der Waals surface area contributed by atoms with Gasteiger partial charge in [-0.15, -0.1) is 0 Å². The van der Waals surface area contributed by atoms with Crippen LogP contribution >= 0.6 is 0 Å². The molecule has 1 aromatic heterocycles. The number of aliphatic carboxylic acids is 1. The monoisotopic (exact) mass is 560 g/mol. The van der Waals surface area contributed by atoms with Crippen LogP contribution in [0.2, 0.25) is 0 Å². The quantitative estimate of drug-likeness (QED) is 0.0939. The highest BCUT2D eigenvalue weighted by Crippen LogP contribution is 2.12. The predicted octanol–water partition coefficient (Wildman–Crippen LogP) is -2.23. The summed E-state index contributed by atoms with van der Waals surface area (Å²) in [6.07, 6.45) is 3.42. The molecular weight excluding hydrogens is 524 g/mol. The van der Waals surface area contributed by atoms with Crippen molar-refractivity contribution in [2.45, 2.75) is 62.7 Å². The number of unbranched alkanes of at least 4 members (excludes halogenated alkanes) is 1. The molecule has 0 saturated carbocycles. The molecule has 0 aliphatic carbocycles. The van der Waals surface area contributed by atoms with Gasteiger partial charge in [-0.25, -0.2) is 9.78 Å². The molecule has 2 rings (SSSR count). The molecule has 218 valence electrons. The van der Waals surface area contributed by atoms with Crippen LogP contribution in [0.4, 0.5) is 0 Å². The average molecular weight is 561 g/mol. The van der Waals surface area contributed by atoms with Gasteiger partial charge in [-0.2, -0.15) is 0 Å². The minimum Gasteiger partial charge on any atom is -0.508 e. The van der Waals surface area contributed by atoms with E-state index in [-0.39, 0.29) is 25.0 Å². The number of benzene rings is 1. The number of hydrogen-bond donors (Lipinski definition) is 9. The lowest BCUT2D eigenvalue weighted by Gasteiger charge is -2.25. The molecule has 1 heterocycles. The number of carbonyl (C=O) groups is 5. The van der Waals surface area contributed by atoms with Crippen LogP contribution in [0.15, 0.2) is 36.8 Å². The number of nitrogens with zero attached hydrogens (tertiary/aromatic N) is 1. The van der Waals surface area contributed by atoms with E-state index in [0.717, 1.165) is 0 Å². The van der Waals surface area contributed by atoms with Gasteiger partial charge in [-0.3, -0.25) is 19.2 Å². The number of nitrogens with one attached hydrogen (secondary N) is 4. The highest BCUT2D eigenvalue weighted by molar-refractivity contribution is 5.96. The van der Waals surface area contributed by atoms with Gasteiger partial charge in [-0.05, 0) is 43.5 Å². The van der Waals surface area contributed by atoms with E-state index in [2.05, 4.69) is 25.9 Å². The topological polar surface area (TPSA) is 269 Å². The number of carboxylic acid groups (broad SMARTS) is 1. The summed E-state index contributed by atoms with van der Waals surface area (Å²) in [5.74, 6) is -4.66. The standard InChI is InChI=1S/C25H36N8O7/c26-8-2-1-3-18(25(39)40)31-24(38)20(11-21(28)35)33-23(37)19(9-14-4-6-16(34)7-5-14)32-22(36)17(27)10-15-12-29-13-30-15/h4-7,12-13,17-20,34H,1-3,8-11,26-27H2,(H2,28,35)(H,29,30)(H,31,38)(H,32,36)(H,33,37)(H,39,40). The van der Waals surface area contributed by atoms with Crippen molar-refractivity contribution < 1.29 is 34.2 Å². The molecular formula is C25H36N8O7. The van der Waals surface area contributed by atoms with Crippen LogP contribution in [0.5, 0.6) is 5.75 Å². The molecule has 0 radical (unpaired) electrons. The van der Waals surface area contributed by atoms with Gasteiger partial charge in [0.1, 0.15) is 23.9 Å². The summed E-state index contributed by atoms with van der Waals surface area (Å²) in [6.45, 7) is 0.348. The van der Waals surface area contributed by atoms with Gasteiger partial charge < -0.3 is 48.3 Å². The van der Waals surface area contributed by atoms with E-state index in [9.17, 15) is 34.2 Å². The Morgan fingerprint density at radius 2 is 1.52 bits per heavy atom. The molecule has 4 unspecified atom stereocenters. The fourth-order valence-electron chi connectivity index (χ4n) is 3.79. The number of phenolic OH excluding ortho intramolecular Hbond substituents is 1. The van der Waals surface area contributed by atoms with Gasteiger partial charge in [0, 0.05) is 24.7 Å². The van der Waals surface area contributed by atoms with Gasteiger partial charge in [0.05, 0.1) is 18.8 Å². The van der Waals surface area contributed by atoms with Gasteiger partial charge in [0.15, 0.2) is 0 Å². The number of imidazole rings is 1. The van der Waals surface area contributed by atoms with Crippen LogP contribution in [-0.2, 0) is 36.8 Å². The second-order valence-electron chi connectivity index (χ2n) is 9.23. The Hall–Kier alpha value is -4.50. The molecule has 0 bridgehead atoms. The molecule has 0 fully saturated rings. The number of nitrogens with two attached hydrogens (primary N) is 3. The third-order valence-electron chi connectivity index (χ3n) is 5.94. The van der Waals surface area contributed by atoms with E-state index in [1.54, 1.807) is 12.1 Å². The summed E-state index contributed by atoms with van der Waals surface area (Å²) in [5.41, 5.74) is 17.9. The van der Waals surface area contributed by atoms with Crippen LogP contribution < -0.4 is 33.2 Å². The lowest BCUT2D eigenvalue weighted by Crippen LogP contribution is -2.58. The summed E-state index contributed by atoms with van der Waals surface area (Å²) >= 11 is 0. The Kier molecular flexibility index (Phi) is 12.5. The summed E-state index contributed by atoms with van der Waals surface area (Å²) in [6, 6.07) is 0.778. The van der Waals surface area contributed by atoms with Crippen molar-refractivity contribution >= 4 is 29.6 Å². The van der Waals surface area contributed by atoms with Gasteiger partial charge >= 0.3 is 5.97 Å². The van der Waals surface area contributed by atoms with Crippen molar-refractivity contribution in [3.8, 4) is 5.75 Å². The first kappa shape index (κ1) is 31.7. The third-order valence-corrected chi connectivity index (χ3v) is 5.94. The van der Waals surface area contributed by atoms with Gasteiger partial charge in [0.2, 0.25) is 23.6 Å². The van der Waals surface area contributed by atoms with Crippen LogP contribution in [0.25, 0.3) is 0 Å². The molecule has 0 aliphatic rings. The minimum absolute atomic E-state index is 0.00647. The van der Waals surface area contributed by atoms with Crippen LogP contribution in [0, 0.1) is 0 Å². The van der Waals surface area contributed by atoms with Crippen molar-refractivity contribution in [2.75, 3.05) is 6.54 Å². The Labute approximate surface area is 230 Å². The average Bonchev–Trinajstić information content (AvgIpc) is 3.41. The molecule has 0 spiro atoms. The fraction of sp³-hybridized carbons (Fsp3) is 0.440. The fourth-order valence-corrected chi connectivity index (χ4v) is 3.79. The zero-order chi connectivity index (χ0) is 29.7. The van der Waals surface area contributed by atoms with Crippen molar-refractivity contribution in [1.82, 2.24) is 25.9 Å².